The van der Waals surface area contributed by atoms with Crippen molar-refractivity contribution in [3.8, 4) is 0 Å². The summed E-state index contributed by atoms with van der Waals surface area (Å²) in [7, 11) is 3.65. The Morgan fingerprint density at radius 2 is 2.25 bits per heavy atom. The van der Waals surface area contributed by atoms with Gasteiger partial charge in [0.15, 0.2) is 0 Å². The second-order valence-corrected chi connectivity index (χ2v) is 3.41. The molecule has 1 saturated carbocycles. The molecule has 0 aromatic carbocycles. The first-order valence-electron chi connectivity index (χ1n) is 4.62. The maximum atomic E-state index is 5.66. The fraction of sp³-hybridized carbons (Fsp3) is 1.00. The molecule has 3 heteroatoms. The van der Waals surface area contributed by atoms with E-state index < -0.39 is 0 Å². The van der Waals surface area contributed by atoms with Gasteiger partial charge >= 0.3 is 0 Å². The molecule has 0 aromatic heterocycles. The Balaban J connectivity index is 2.03. The van der Waals surface area contributed by atoms with Gasteiger partial charge < -0.3 is 14.8 Å². The Labute approximate surface area is 74.4 Å². The van der Waals surface area contributed by atoms with Gasteiger partial charge in [0, 0.05) is 20.3 Å². The zero-order chi connectivity index (χ0) is 8.81. The fourth-order valence-electron chi connectivity index (χ4n) is 1.14. The van der Waals surface area contributed by atoms with Crippen molar-refractivity contribution in [3.05, 3.63) is 0 Å². The lowest BCUT2D eigenvalue weighted by Gasteiger charge is -2.16. The van der Waals surface area contributed by atoms with Crippen molar-refractivity contribution < 1.29 is 9.47 Å². The highest BCUT2D eigenvalue weighted by molar-refractivity contribution is 4.73. The van der Waals surface area contributed by atoms with Crippen LogP contribution in [0.3, 0.4) is 0 Å². The Morgan fingerprint density at radius 1 is 1.50 bits per heavy atom. The van der Waals surface area contributed by atoms with Crippen LogP contribution in [0.25, 0.3) is 0 Å². The van der Waals surface area contributed by atoms with Crippen molar-refractivity contribution in [2.24, 2.45) is 5.92 Å². The molecule has 0 aliphatic heterocycles. The first-order valence-corrected chi connectivity index (χ1v) is 4.62. The molecular weight excluding hydrogens is 154 g/mol. The summed E-state index contributed by atoms with van der Waals surface area (Å²) in [5.41, 5.74) is 0. The number of likely N-dealkylation sites (N-methyl/N-ethyl adjacent to an activating group) is 1. The third-order valence-electron chi connectivity index (χ3n) is 2.05. The monoisotopic (exact) mass is 173 g/mol. The van der Waals surface area contributed by atoms with E-state index in [0.29, 0.717) is 6.61 Å². The molecule has 1 unspecified atom stereocenters. The molecule has 1 aliphatic carbocycles. The van der Waals surface area contributed by atoms with Crippen molar-refractivity contribution in [3.63, 3.8) is 0 Å². The lowest BCUT2D eigenvalue weighted by molar-refractivity contribution is -0.00456. The van der Waals surface area contributed by atoms with Crippen LogP contribution in [-0.2, 0) is 9.47 Å². The molecule has 0 radical (unpaired) electrons. The van der Waals surface area contributed by atoms with Gasteiger partial charge in [-0.3, -0.25) is 0 Å². The highest BCUT2D eigenvalue weighted by Crippen LogP contribution is 2.29. The smallest absolute Gasteiger partial charge is 0.0932 e. The Hall–Kier alpha value is -0.120. The van der Waals surface area contributed by atoms with Gasteiger partial charge in [-0.1, -0.05) is 0 Å². The third-order valence-corrected chi connectivity index (χ3v) is 2.05. The SMILES string of the molecule is CNCC(COC)OCC1CC1. The Kier molecular flexibility index (Phi) is 4.58. The number of rotatable bonds is 7. The first-order chi connectivity index (χ1) is 5.86. The maximum Gasteiger partial charge on any atom is 0.0932 e. The molecule has 3 nitrogen and oxygen atoms in total. The van der Waals surface area contributed by atoms with Gasteiger partial charge in [0.05, 0.1) is 12.7 Å². The van der Waals surface area contributed by atoms with Crippen molar-refractivity contribution in [1.29, 1.82) is 0 Å². The number of ether oxygens (including phenoxy) is 2. The van der Waals surface area contributed by atoms with Crippen LogP contribution in [0, 0.1) is 5.92 Å². The first kappa shape index (κ1) is 9.96. The highest BCUT2D eigenvalue weighted by Gasteiger charge is 2.22. The molecule has 1 aliphatic rings. The van der Waals surface area contributed by atoms with Gasteiger partial charge in [0.25, 0.3) is 0 Å². The van der Waals surface area contributed by atoms with Crippen LogP contribution in [-0.4, -0.2) is 40.0 Å². The van der Waals surface area contributed by atoms with E-state index in [0.717, 1.165) is 19.1 Å². The zero-order valence-electron chi connectivity index (χ0n) is 8.01. The predicted octanol–water partition coefficient (Wildman–Crippen LogP) is 0.647. The predicted molar refractivity (Wildman–Crippen MR) is 48.3 cm³/mol. The third kappa shape index (κ3) is 4.04. The largest absolute Gasteiger partial charge is 0.382 e. The molecule has 72 valence electrons. The molecule has 0 heterocycles. The maximum absolute atomic E-state index is 5.66. The number of methoxy groups -OCH3 is 1. The fourth-order valence-corrected chi connectivity index (χ4v) is 1.14. The van der Waals surface area contributed by atoms with Crippen LogP contribution < -0.4 is 5.32 Å². The topological polar surface area (TPSA) is 30.5 Å². The van der Waals surface area contributed by atoms with Crippen LogP contribution >= 0.6 is 0 Å². The average Bonchev–Trinajstić information content (AvgIpc) is 2.84. The van der Waals surface area contributed by atoms with Crippen molar-refractivity contribution in [2.45, 2.75) is 18.9 Å². The van der Waals surface area contributed by atoms with Crippen LogP contribution in [0.5, 0.6) is 0 Å². The standard InChI is InChI=1S/C9H19NO2/c1-10-5-9(7-11-2)12-6-8-3-4-8/h8-10H,3-7H2,1-2H3. The Morgan fingerprint density at radius 3 is 2.75 bits per heavy atom. The highest BCUT2D eigenvalue weighted by atomic mass is 16.5. The van der Waals surface area contributed by atoms with E-state index in [1.54, 1.807) is 7.11 Å². The molecular formula is C9H19NO2. The quantitative estimate of drug-likeness (QED) is 0.613. The molecule has 0 bridgehead atoms. The molecule has 1 N–H and O–H groups in total. The number of hydrogen-bond donors (Lipinski definition) is 1. The summed E-state index contributed by atoms with van der Waals surface area (Å²) in [6.45, 7) is 2.48. The molecule has 1 fully saturated rings. The minimum atomic E-state index is 0.223. The van der Waals surface area contributed by atoms with E-state index in [1.165, 1.54) is 12.8 Å². The van der Waals surface area contributed by atoms with Gasteiger partial charge in [-0.2, -0.15) is 0 Å². The normalized spacial score (nSPS) is 19.5. The lowest BCUT2D eigenvalue weighted by Crippen LogP contribution is -2.31. The second kappa shape index (κ2) is 5.51. The number of nitrogens with one attached hydrogen (secondary N) is 1. The van der Waals surface area contributed by atoms with E-state index in [9.17, 15) is 0 Å². The summed E-state index contributed by atoms with van der Waals surface area (Å²) >= 11 is 0. The van der Waals surface area contributed by atoms with Gasteiger partial charge in [-0.25, -0.2) is 0 Å². The van der Waals surface area contributed by atoms with Crippen molar-refractivity contribution >= 4 is 0 Å². The van der Waals surface area contributed by atoms with E-state index >= 15 is 0 Å². The van der Waals surface area contributed by atoms with E-state index in [4.69, 9.17) is 9.47 Å². The average molecular weight is 173 g/mol. The Bertz CT molecular complexity index is 109. The second-order valence-electron chi connectivity index (χ2n) is 3.41. The molecule has 12 heavy (non-hydrogen) atoms. The lowest BCUT2D eigenvalue weighted by atomic mass is 10.3. The summed E-state index contributed by atoms with van der Waals surface area (Å²) < 4.78 is 10.7. The summed E-state index contributed by atoms with van der Waals surface area (Å²) in [4.78, 5) is 0. The summed E-state index contributed by atoms with van der Waals surface area (Å²) in [5, 5.41) is 3.09. The minimum absolute atomic E-state index is 0.223. The van der Waals surface area contributed by atoms with Crippen LogP contribution in [0.4, 0.5) is 0 Å². The van der Waals surface area contributed by atoms with E-state index in [1.807, 2.05) is 7.05 Å². The summed E-state index contributed by atoms with van der Waals surface area (Å²) in [6, 6.07) is 0. The van der Waals surface area contributed by atoms with Crippen molar-refractivity contribution in [1.82, 2.24) is 5.32 Å². The molecule has 0 aromatic rings. The van der Waals surface area contributed by atoms with Crippen molar-refractivity contribution in [2.75, 3.05) is 33.9 Å². The zero-order valence-corrected chi connectivity index (χ0v) is 8.01. The van der Waals surface area contributed by atoms with Crippen LogP contribution in [0.15, 0.2) is 0 Å². The van der Waals surface area contributed by atoms with Crippen LogP contribution in [0.2, 0.25) is 0 Å². The minimum Gasteiger partial charge on any atom is -0.382 e. The van der Waals surface area contributed by atoms with Crippen LogP contribution in [0.1, 0.15) is 12.8 Å². The molecule has 0 amide bonds. The molecule has 0 saturated heterocycles. The molecule has 1 rings (SSSR count). The van der Waals surface area contributed by atoms with E-state index in [2.05, 4.69) is 5.32 Å². The van der Waals surface area contributed by atoms with Gasteiger partial charge in [-0.05, 0) is 25.8 Å². The van der Waals surface area contributed by atoms with E-state index in [-0.39, 0.29) is 6.10 Å². The summed E-state index contributed by atoms with van der Waals surface area (Å²) in [6.07, 6.45) is 2.92. The molecule has 0 spiro atoms. The molecule has 1 atom stereocenters. The summed E-state index contributed by atoms with van der Waals surface area (Å²) in [5.74, 6) is 0.834. The van der Waals surface area contributed by atoms with Gasteiger partial charge in [-0.15, -0.1) is 0 Å². The van der Waals surface area contributed by atoms with Gasteiger partial charge in [0.1, 0.15) is 0 Å². The van der Waals surface area contributed by atoms with Gasteiger partial charge in [0.2, 0.25) is 0 Å². The number of hydrogen-bond acceptors (Lipinski definition) is 3.